The van der Waals surface area contributed by atoms with Crippen molar-refractivity contribution in [2.75, 3.05) is 13.2 Å². The van der Waals surface area contributed by atoms with E-state index in [0.717, 1.165) is 19.3 Å². The van der Waals surface area contributed by atoms with Gasteiger partial charge in [0.25, 0.3) is 0 Å². The first-order valence-electron chi connectivity index (χ1n) is 10.1. The number of esters is 1. The molecule has 1 aliphatic heterocycles. The summed E-state index contributed by atoms with van der Waals surface area (Å²) in [5.41, 5.74) is 2.55. The van der Waals surface area contributed by atoms with Crippen molar-refractivity contribution in [2.24, 2.45) is 0 Å². The van der Waals surface area contributed by atoms with Gasteiger partial charge in [0.2, 0.25) is 0 Å². The van der Waals surface area contributed by atoms with E-state index in [9.17, 15) is 14.4 Å². The molecule has 1 heterocycles. The Kier molecular flexibility index (Phi) is 6.66. The topological polar surface area (TPSA) is 72.9 Å². The van der Waals surface area contributed by atoms with E-state index in [1.54, 1.807) is 20.8 Å². The van der Waals surface area contributed by atoms with Crippen LogP contribution in [0.3, 0.4) is 0 Å². The smallest absolute Gasteiger partial charge is 0.411 e. The van der Waals surface area contributed by atoms with E-state index in [0.29, 0.717) is 31.4 Å². The van der Waals surface area contributed by atoms with Crippen LogP contribution in [0.5, 0.6) is 0 Å². The number of amides is 1. The highest BCUT2D eigenvalue weighted by atomic mass is 79.9. The van der Waals surface area contributed by atoms with Gasteiger partial charge in [0.05, 0.1) is 0 Å². The molecular weight excluding hydrogens is 438 g/mol. The summed E-state index contributed by atoms with van der Waals surface area (Å²) in [5.74, 6) is -0.706. The van der Waals surface area contributed by atoms with Crippen LogP contribution in [-0.4, -0.2) is 47.5 Å². The van der Waals surface area contributed by atoms with Gasteiger partial charge >= 0.3 is 12.1 Å². The summed E-state index contributed by atoms with van der Waals surface area (Å²) in [6.07, 6.45) is 8.13. The Bertz CT molecular complexity index is 803. The molecule has 0 radical (unpaired) electrons. The van der Waals surface area contributed by atoms with Crippen LogP contribution in [0.25, 0.3) is 0 Å². The van der Waals surface area contributed by atoms with Gasteiger partial charge in [0.15, 0.2) is 12.4 Å². The molecule has 0 aromatic carbocycles. The van der Waals surface area contributed by atoms with E-state index in [1.165, 1.54) is 20.5 Å². The molecule has 3 aliphatic rings. The normalized spacial score (nSPS) is 21.9. The highest BCUT2D eigenvalue weighted by Gasteiger charge is 2.38. The molecule has 0 bridgehead atoms. The minimum atomic E-state index is -0.687. The summed E-state index contributed by atoms with van der Waals surface area (Å²) < 4.78 is 11.9. The lowest BCUT2D eigenvalue weighted by atomic mass is 9.86. The highest BCUT2D eigenvalue weighted by molar-refractivity contribution is 9.11. The van der Waals surface area contributed by atoms with Crippen molar-refractivity contribution in [1.82, 2.24) is 4.90 Å². The molecule has 0 N–H and O–H groups in total. The van der Waals surface area contributed by atoms with Crippen LogP contribution in [0.4, 0.5) is 4.79 Å². The maximum atomic E-state index is 12.6. The van der Waals surface area contributed by atoms with E-state index in [1.807, 2.05) is 6.08 Å². The molecule has 0 aromatic rings. The predicted molar refractivity (Wildman–Crippen MR) is 113 cm³/mol. The summed E-state index contributed by atoms with van der Waals surface area (Å²) in [7, 11) is 0. The number of ketones is 1. The number of rotatable bonds is 4. The van der Waals surface area contributed by atoms with Crippen LogP contribution in [-0.2, 0) is 19.1 Å². The zero-order valence-electron chi connectivity index (χ0n) is 17.3. The summed E-state index contributed by atoms with van der Waals surface area (Å²) in [4.78, 5) is 38.8. The molecule has 1 amide bonds. The summed E-state index contributed by atoms with van der Waals surface area (Å²) in [6, 6.07) is -0.687. The first-order valence-corrected chi connectivity index (χ1v) is 10.9. The minimum absolute atomic E-state index is 0.166. The van der Waals surface area contributed by atoms with Crippen molar-refractivity contribution < 1.29 is 23.9 Å². The number of halogens is 1. The van der Waals surface area contributed by atoms with E-state index in [2.05, 4.69) is 22.0 Å². The average molecular weight is 466 g/mol. The summed E-state index contributed by atoms with van der Waals surface area (Å²) in [6.45, 7) is 5.52. The third-order valence-electron chi connectivity index (χ3n) is 5.25. The fourth-order valence-corrected chi connectivity index (χ4v) is 4.29. The third-order valence-corrected chi connectivity index (χ3v) is 5.87. The third kappa shape index (κ3) is 5.59. The molecule has 0 saturated carbocycles. The van der Waals surface area contributed by atoms with E-state index >= 15 is 0 Å². The molecule has 3 rings (SSSR count). The monoisotopic (exact) mass is 465 g/mol. The Balaban J connectivity index is 1.56. The van der Waals surface area contributed by atoms with E-state index in [-0.39, 0.29) is 12.4 Å². The second-order valence-corrected chi connectivity index (χ2v) is 9.69. The van der Waals surface area contributed by atoms with Crippen molar-refractivity contribution in [3.05, 3.63) is 33.4 Å². The van der Waals surface area contributed by atoms with Crippen LogP contribution in [0, 0.1) is 0 Å². The largest absolute Gasteiger partial charge is 0.456 e. The zero-order valence-corrected chi connectivity index (χ0v) is 18.8. The predicted octanol–water partition coefficient (Wildman–Crippen LogP) is 4.59. The number of Topliss-reactive ketones (excluding diaryl/α,β-unsaturated/α-hetero) is 1. The number of hydrogen-bond acceptors (Lipinski definition) is 5. The van der Waals surface area contributed by atoms with E-state index in [4.69, 9.17) is 9.47 Å². The van der Waals surface area contributed by atoms with Crippen molar-refractivity contribution in [1.29, 1.82) is 0 Å². The number of likely N-dealkylation sites (tertiary alicyclic amines) is 1. The molecule has 1 saturated heterocycles. The lowest BCUT2D eigenvalue weighted by molar-refractivity contribution is -0.151. The quantitative estimate of drug-likeness (QED) is 0.567. The fraction of sp³-hybridized carbons (Fsp3) is 0.591. The van der Waals surface area contributed by atoms with Gasteiger partial charge in [-0.05, 0) is 86.6 Å². The number of carbonyl (C=O) groups is 3. The molecule has 7 heteroatoms. The Hall–Kier alpha value is -1.89. The molecule has 0 spiro atoms. The molecule has 1 fully saturated rings. The number of hydrogen-bond donors (Lipinski definition) is 0. The molecular formula is C22H28BrNO5. The first-order chi connectivity index (χ1) is 13.6. The second kappa shape index (κ2) is 8.86. The Morgan fingerprint density at radius 3 is 2.52 bits per heavy atom. The first kappa shape index (κ1) is 21.8. The number of carbonyl (C=O) groups excluding carboxylic acids is 3. The van der Waals surface area contributed by atoms with Crippen LogP contribution in [0.15, 0.2) is 33.4 Å². The standard InChI is InChI=1S/C22H28BrNO5/c1-22(2,3)29-21(27)24-10-4-5-18(24)20(26)28-13-19(25)16-7-6-15-12-17(23)9-8-14(15)11-16/h11-12,18H,4-10,13H2,1-3H3. The molecule has 2 aliphatic carbocycles. The minimum Gasteiger partial charge on any atom is -0.456 e. The van der Waals surface area contributed by atoms with Gasteiger partial charge < -0.3 is 9.47 Å². The summed E-state index contributed by atoms with van der Waals surface area (Å²) >= 11 is 3.54. The van der Waals surface area contributed by atoms with E-state index < -0.39 is 23.7 Å². The summed E-state index contributed by atoms with van der Waals surface area (Å²) in [5, 5.41) is 0. The van der Waals surface area contributed by atoms with Crippen molar-refractivity contribution in [2.45, 2.75) is 70.9 Å². The van der Waals surface area contributed by atoms with Crippen molar-refractivity contribution >= 4 is 33.8 Å². The maximum Gasteiger partial charge on any atom is 0.411 e. The number of allylic oxidation sites excluding steroid dienone is 5. The van der Waals surface area contributed by atoms with Crippen LogP contribution in [0.1, 0.15) is 59.3 Å². The van der Waals surface area contributed by atoms with Crippen molar-refractivity contribution in [3.8, 4) is 0 Å². The van der Waals surface area contributed by atoms with Gasteiger partial charge in [-0.15, -0.1) is 0 Å². The van der Waals surface area contributed by atoms with Crippen LogP contribution >= 0.6 is 15.9 Å². The Labute approximate surface area is 180 Å². The number of ether oxygens (including phenoxy) is 2. The Morgan fingerprint density at radius 2 is 1.79 bits per heavy atom. The average Bonchev–Trinajstić information content (AvgIpc) is 3.14. The molecule has 29 heavy (non-hydrogen) atoms. The molecule has 1 atom stereocenters. The molecule has 158 valence electrons. The Morgan fingerprint density at radius 1 is 1.10 bits per heavy atom. The zero-order chi connectivity index (χ0) is 21.2. The maximum absolute atomic E-state index is 12.6. The molecule has 6 nitrogen and oxygen atoms in total. The van der Waals surface area contributed by atoms with Crippen LogP contribution in [0.2, 0.25) is 0 Å². The van der Waals surface area contributed by atoms with Gasteiger partial charge in [-0.25, -0.2) is 9.59 Å². The molecule has 0 aromatic heterocycles. The fourth-order valence-electron chi connectivity index (χ4n) is 3.81. The number of nitrogens with zero attached hydrogens (tertiary/aromatic N) is 1. The lowest BCUT2D eigenvalue weighted by Gasteiger charge is -2.27. The second-order valence-electron chi connectivity index (χ2n) is 8.67. The SMILES string of the molecule is CC(C)(C)OC(=O)N1CCCC1C(=O)OCC(=O)C1=CC2=C(C=C(Br)CC2)CC1. The van der Waals surface area contributed by atoms with Gasteiger partial charge in [0.1, 0.15) is 11.6 Å². The lowest BCUT2D eigenvalue weighted by Crippen LogP contribution is -2.44. The van der Waals surface area contributed by atoms with Crippen molar-refractivity contribution in [3.63, 3.8) is 0 Å². The van der Waals surface area contributed by atoms with Gasteiger partial charge in [0, 0.05) is 6.54 Å². The van der Waals surface area contributed by atoms with Crippen LogP contribution < -0.4 is 0 Å². The highest BCUT2D eigenvalue weighted by Crippen LogP contribution is 2.35. The van der Waals surface area contributed by atoms with Gasteiger partial charge in [-0.1, -0.05) is 22.0 Å². The van der Waals surface area contributed by atoms with Gasteiger partial charge in [-0.3, -0.25) is 9.69 Å². The van der Waals surface area contributed by atoms with Gasteiger partial charge in [-0.2, -0.15) is 0 Å². The molecule has 1 unspecified atom stereocenters.